The maximum Gasteiger partial charge on any atom is 0.418 e. The van der Waals surface area contributed by atoms with Crippen molar-refractivity contribution in [1.82, 2.24) is 4.57 Å². The quantitative estimate of drug-likeness (QED) is 0.471. The summed E-state index contributed by atoms with van der Waals surface area (Å²) in [6.45, 7) is 1.58. The Morgan fingerprint density at radius 1 is 0.886 bits per heavy atom. The summed E-state index contributed by atoms with van der Waals surface area (Å²) >= 11 is 0. The van der Waals surface area contributed by atoms with E-state index in [2.05, 4.69) is 4.90 Å². The Bertz CT molecular complexity index is 1300. The van der Waals surface area contributed by atoms with E-state index in [1.54, 1.807) is 24.4 Å². The van der Waals surface area contributed by atoms with Crippen LogP contribution in [0.3, 0.4) is 0 Å². The van der Waals surface area contributed by atoms with Crippen LogP contribution in [-0.4, -0.2) is 31.9 Å². The standard InChI is InChI=1S/C27H27F3N2O3/c1-34-20-12-18(13-21(15-20)35-2)25-22-7-5-6-17(22)16-32(26(25)33)24-14-19(31-10-3-4-11-31)8-9-23(24)27(28,29)30/h8-9,12-16H,3-7,10-11H2,1-2H3. The van der Waals surface area contributed by atoms with Crippen LogP contribution in [0.15, 0.2) is 47.4 Å². The van der Waals surface area contributed by atoms with Gasteiger partial charge in [0.05, 0.1) is 31.0 Å². The van der Waals surface area contributed by atoms with Crippen LogP contribution in [0, 0.1) is 0 Å². The minimum atomic E-state index is -4.60. The molecule has 2 aromatic carbocycles. The fourth-order valence-electron chi connectivity index (χ4n) is 5.22. The molecule has 5 nitrogen and oxygen atoms in total. The van der Waals surface area contributed by atoms with Crippen molar-refractivity contribution in [1.29, 1.82) is 0 Å². The summed E-state index contributed by atoms with van der Waals surface area (Å²) in [5.74, 6) is 1.01. The molecule has 0 radical (unpaired) electrons. The SMILES string of the molecule is COc1cc(OC)cc(-c2c3c(cn(-c4cc(N5CCCC5)ccc4C(F)(F)F)c2=O)CCC3)c1. The Morgan fingerprint density at radius 2 is 1.57 bits per heavy atom. The number of ether oxygens (including phenoxy) is 2. The first-order valence-corrected chi connectivity index (χ1v) is 11.8. The van der Waals surface area contributed by atoms with Gasteiger partial charge in [-0.25, -0.2) is 0 Å². The van der Waals surface area contributed by atoms with E-state index >= 15 is 0 Å². The first kappa shape index (κ1) is 23.3. The van der Waals surface area contributed by atoms with Gasteiger partial charge in [0.15, 0.2) is 0 Å². The van der Waals surface area contributed by atoms with Crippen molar-refractivity contribution in [3.63, 3.8) is 0 Å². The number of hydrogen-bond donors (Lipinski definition) is 0. The lowest BCUT2D eigenvalue weighted by molar-refractivity contribution is -0.137. The van der Waals surface area contributed by atoms with Gasteiger partial charge in [0, 0.05) is 31.0 Å². The number of halogens is 3. The maximum absolute atomic E-state index is 14.1. The van der Waals surface area contributed by atoms with Crippen molar-refractivity contribution in [2.45, 2.75) is 38.3 Å². The van der Waals surface area contributed by atoms with Gasteiger partial charge in [-0.3, -0.25) is 9.36 Å². The number of aromatic nitrogens is 1. The van der Waals surface area contributed by atoms with E-state index in [9.17, 15) is 18.0 Å². The molecule has 1 aromatic heterocycles. The van der Waals surface area contributed by atoms with Crippen LogP contribution in [0.1, 0.15) is 36.0 Å². The van der Waals surface area contributed by atoms with E-state index in [0.29, 0.717) is 41.2 Å². The summed E-state index contributed by atoms with van der Waals surface area (Å²) in [5.41, 5.74) is 1.99. The molecule has 0 N–H and O–H groups in total. The van der Waals surface area contributed by atoms with Gasteiger partial charge in [0.25, 0.3) is 5.56 Å². The summed E-state index contributed by atoms with van der Waals surface area (Å²) in [4.78, 5) is 16.0. The third-order valence-corrected chi connectivity index (χ3v) is 6.94. The van der Waals surface area contributed by atoms with E-state index in [0.717, 1.165) is 49.5 Å². The van der Waals surface area contributed by atoms with Crippen molar-refractivity contribution in [3.8, 4) is 28.3 Å². The molecule has 0 saturated carbocycles. The fourth-order valence-corrected chi connectivity index (χ4v) is 5.22. The predicted molar refractivity (Wildman–Crippen MR) is 129 cm³/mol. The maximum atomic E-state index is 14.1. The van der Waals surface area contributed by atoms with Crippen LogP contribution >= 0.6 is 0 Å². The topological polar surface area (TPSA) is 43.7 Å². The van der Waals surface area contributed by atoms with Crippen molar-refractivity contribution >= 4 is 5.69 Å². The van der Waals surface area contributed by atoms with E-state index in [4.69, 9.17) is 9.47 Å². The number of alkyl halides is 3. The molecule has 35 heavy (non-hydrogen) atoms. The third kappa shape index (κ3) is 4.26. The Hall–Kier alpha value is -3.42. The first-order valence-electron chi connectivity index (χ1n) is 11.8. The Morgan fingerprint density at radius 3 is 2.20 bits per heavy atom. The van der Waals surface area contributed by atoms with Crippen LogP contribution < -0.4 is 19.9 Å². The molecular weight excluding hydrogens is 457 g/mol. The average molecular weight is 485 g/mol. The average Bonchev–Trinajstić information content (AvgIpc) is 3.54. The monoisotopic (exact) mass is 484 g/mol. The number of rotatable bonds is 5. The van der Waals surface area contributed by atoms with Gasteiger partial charge < -0.3 is 14.4 Å². The highest BCUT2D eigenvalue weighted by atomic mass is 19.4. The van der Waals surface area contributed by atoms with Gasteiger partial charge >= 0.3 is 6.18 Å². The second kappa shape index (κ2) is 8.98. The van der Waals surface area contributed by atoms with E-state index < -0.39 is 17.3 Å². The summed E-state index contributed by atoms with van der Waals surface area (Å²) in [7, 11) is 3.04. The van der Waals surface area contributed by atoms with Gasteiger partial charge in [-0.05, 0) is 79.1 Å². The van der Waals surface area contributed by atoms with Crippen LogP contribution in [0.25, 0.3) is 16.8 Å². The highest BCUT2D eigenvalue weighted by Gasteiger charge is 2.35. The first-order chi connectivity index (χ1) is 16.8. The minimum absolute atomic E-state index is 0.141. The van der Waals surface area contributed by atoms with Crippen LogP contribution in [-0.2, 0) is 19.0 Å². The zero-order valence-corrected chi connectivity index (χ0v) is 19.7. The number of pyridine rings is 1. The molecule has 5 rings (SSSR count). The number of fused-ring (bicyclic) bond motifs is 1. The molecule has 0 bridgehead atoms. The second-order valence-electron chi connectivity index (χ2n) is 9.03. The molecular formula is C27H27F3N2O3. The molecule has 1 aliphatic carbocycles. The van der Waals surface area contributed by atoms with E-state index in [1.165, 1.54) is 30.9 Å². The van der Waals surface area contributed by atoms with Crippen molar-refractivity contribution in [2.75, 3.05) is 32.2 Å². The minimum Gasteiger partial charge on any atom is -0.497 e. The molecule has 0 atom stereocenters. The van der Waals surface area contributed by atoms with Gasteiger partial charge in [0.2, 0.25) is 0 Å². The van der Waals surface area contributed by atoms with Gasteiger partial charge in [0.1, 0.15) is 11.5 Å². The van der Waals surface area contributed by atoms with Gasteiger partial charge in [-0.2, -0.15) is 13.2 Å². The zero-order chi connectivity index (χ0) is 24.7. The summed E-state index contributed by atoms with van der Waals surface area (Å²) < 4.78 is 54.3. The third-order valence-electron chi connectivity index (χ3n) is 6.94. The highest BCUT2D eigenvalue weighted by molar-refractivity contribution is 5.72. The van der Waals surface area contributed by atoms with E-state index in [-0.39, 0.29) is 5.69 Å². The summed E-state index contributed by atoms with van der Waals surface area (Å²) in [6.07, 6.45) is 1.23. The number of hydrogen-bond acceptors (Lipinski definition) is 4. The molecule has 2 heterocycles. The Kier molecular flexibility index (Phi) is 5.99. The Balaban J connectivity index is 1.77. The summed E-state index contributed by atoms with van der Waals surface area (Å²) in [5, 5.41) is 0. The molecule has 8 heteroatoms. The van der Waals surface area contributed by atoms with Gasteiger partial charge in [-0.15, -0.1) is 0 Å². The molecule has 2 aliphatic rings. The number of nitrogens with zero attached hydrogens (tertiary/aromatic N) is 2. The van der Waals surface area contributed by atoms with E-state index in [1.807, 2.05) is 0 Å². The second-order valence-corrected chi connectivity index (χ2v) is 9.03. The number of methoxy groups -OCH3 is 2. The fraction of sp³-hybridized carbons (Fsp3) is 0.370. The van der Waals surface area contributed by atoms with Gasteiger partial charge in [-0.1, -0.05) is 0 Å². The largest absolute Gasteiger partial charge is 0.497 e. The molecule has 0 spiro atoms. The molecule has 3 aromatic rings. The highest BCUT2D eigenvalue weighted by Crippen LogP contribution is 2.39. The summed E-state index contributed by atoms with van der Waals surface area (Å²) in [6, 6.07) is 9.26. The van der Waals surface area contributed by atoms with Crippen LogP contribution in [0.5, 0.6) is 11.5 Å². The lowest BCUT2D eigenvalue weighted by atomic mass is 9.98. The smallest absolute Gasteiger partial charge is 0.418 e. The molecule has 1 fully saturated rings. The normalized spacial score (nSPS) is 15.4. The molecule has 0 unspecified atom stereocenters. The molecule has 0 amide bonds. The van der Waals surface area contributed by atoms with Crippen LogP contribution in [0.4, 0.5) is 18.9 Å². The number of anilines is 1. The number of aryl methyl sites for hydroxylation is 1. The molecule has 1 saturated heterocycles. The van der Waals surface area contributed by atoms with Crippen molar-refractivity contribution < 1.29 is 22.6 Å². The molecule has 1 aliphatic heterocycles. The van der Waals surface area contributed by atoms with Crippen LogP contribution in [0.2, 0.25) is 0 Å². The molecule has 184 valence electrons. The lowest BCUT2D eigenvalue weighted by Gasteiger charge is -2.23. The Labute approximate surface area is 201 Å². The predicted octanol–water partition coefficient (Wildman–Crippen LogP) is 5.63. The van der Waals surface area contributed by atoms with Crippen molar-refractivity contribution in [2.24, 2.45) is 0 Å². The lowest BCUT2D eigenvalue weighted by Crippen LogP contribution is -2.25. The van der Waals surface area contributed by atoms with Crippen molar-refractivity contribution in [3.05, 3.63) is 69.6 Å². The zero-order valence-electron chi connectivity index (χ0n) is 19.7. The number of benzene rings is 2.